The predicted octanol–water partition coefficient (Wildman–Crippen LogP) is 2.95. The van der Waals surface area contributed by atoms with Gasteiger partial charge in [0.1, 0.15) is 5.82 Å². The molecule has 0 aromatic heterocycles. The summed E-state index contributed by atoms with van der Waals surface area (Å²) in [5, 5.41) is 0. The van der Waals surface area contributed by atoms with Crippen LogP contribution in [0.3, 0.4) is 0 Å². The molecule has 20 heavy (non-hydrogen) atoms. The third-order valence-electron chi connectivity index (χ3n) is 3.95. The molecule has 0 saturated carbocycles. The molecule has 2 N–H and O–H groups in total. The van der Waals surface area contributed by atoms with Gasteiger partial charge in [-0.3, -0.25) is 4.90 Å². The number of benzene rings is 1. The summed E-state index contributed by atoms with van der Waals surface area (Å²) in [5.41, 5.74) is 6.89. The predicted molar refractivity (Wildman–Crippen MR) is 82.1 cm³/mol. The standard InChI is InChI=1S/C15H22BrFN2O/c1-20-10-11-3-2-6-19(9-11)15(8-18)12-4-5-13(16)14(17)7-12/h4-5,7,11,15H,2-3,6,8-10,18H2,1H3. The Morgan fingerprint density at radius 1 is 1.55 bits per heavy atom. The van der Waals surface area contributed by atoms with Crippen LogP contribution >= 0.6 is 15.9 Å². The third-order valence-corrected chi connectivity index (χ3v) is 4.59. The van der Waals surface area contributed by atoms with Crippen LogP contribution in [0.5, 0.6) is 0 Å². The molecule has 1 fully saturated rings. The number of methoxy groups -OCH3 is 1. The van der Waals surface area contributed by atoms with Crippen LogP contribution in [0.15, 0.2) is 22.7 Å². The van der Waals surface area contributed by atoms with Crippen molar-refractivity contribution >= 4 is 15.9 Å². The van der Waals surface area contributed by atoms with Crippen LogP contribution in [0, 0.1) is 11.7 Å². The van der Waals surface area contributed by atoms with Crippen molar-refractivity contribution in [3.8, 4) is 0 Å². The maximum Gasteiger partial charge on any atom is 0.137 e. The lowest BCUT2D eigenvalue weighted by molar-refractivity contribution is 0.0696. The highest BCUT2D eigenvalue weighted by molar-refractivity contribution is 9.10. The molecule has 0 amide bonds. The highest BCUT2D eigenvalue weighted by Gasteiger charge is 2.26. The number of nitrogens with zero attached hydrogens (tertiary/aromatic N) is 1. The van der Waals surface area contributed by atoms with Crippen molar-refractivity contribution in [1.29, 1.82) is 0 Å². The zero-order valence-electron chi connectivity index (χ0n) is 11.8. The van der Waals surface area contributed by atoms with Crippen LogP contribution in [0.2, 0.25) is 0 Å². The van der Waals surface area contributed by atoms with Crippen LogP contribution in [-0.2, 0) is 4.74 Å². The van der Waals surface area contributed by atoms with Crippen molar-refractivity contribution < 1.29 is 9.13 Å². The minimum atomic E-state index is -0.230. The number of hydrogen-bond acceptors (Lipinski definition) is 3. The Morgan fingerprint density at radius 2 is 2.35 bits per heavy atom. The molecule has 2 atom stereocenters. The maximum absolute atomic E-state index is 13.7. The molecule has 1 saturated heterocycles. The molecule has 112 valence electrons. The molecular formula is C15H22BrFN2O. The van der Waals surface area contributed by atoms with E-state index in [9.17, 15) is 4.39 Å². The van der Waals surface area contributed by atoms with Gasteiger partial charge in [0.25, 0.3) is 0 Å². The Labute approximate surface area is 128 Å². The molecule has 1 aromatic carbocycles. The zero-order chi connectivity index (χ0) is 14.5. The summed E-state index contributed by atoms with van der Waals surface area (Å²) in [7, 11) is 1.74. The lowest BCUT2D eigenvalue weighted by atomic mass is 9.95. The van der Waals surface area contributed by atoms with Crippen molar-refractivity contribution in [2.45, 2.75) is 18.9 Å². The quantitative estimate of drug-likeness (QED) is 0.892. The lowest BCUT2D eigenvalue weighted by Crippen LogP contribution is -2.42. The second-order valence-corrected chi connectivity index (χ2v) is 6.24. The van der Waals surface area contributed by atoms with Crippen LogP contribution in [0.4, 0.5) is 4.39 Å². The van der Waals surface area contributed by atoms with Crippen LogP contribution in [0.25, 0.3) is 0 Å². The first-order valence-corrected chi connectivity index (χ1v) is 7.83. The smallest absolute Gasteiger partial charge is 0.137 e. The van der Waals surface area contributed by atoms with Gasteiger partial charge in [0.05, 0.1) is 11.1 Å². The van der Waals surface area contributed by atoms with Gasteiger partial charge in [-0.1, -0.05) is 6.07 Å². The van der Waals surface area contributed by atoms with Gasteiger partial charge in [-0.05, 0) is 58.9 Å². The summed E-state index contributed by atoms with van der Waals surface area (Å²) >= 11 is 3.19. The van der Waals surface area contributed by atoms with Crippen molar-refractivity contribution in [1.82, 2.24) is 4.90 Å². The summed E-state index contributed by atoms with van der Waals surface area (Å²) in [6.07, 6.45) is 2.33. The zero-order valence-corrected chi connectivity index (χ0v) is 13.4. The average molecular weight is 345 g/mol. The van der Waals surface area contributed by atoms with Gasteiger partial charge in [0, 0.05) is 26.2 Å². The first kappa shape index (κ1) is 15.9. The van der Waals surface area contributed by atoms with E-state index in [4.69, 9.17) is 10.5 Å². The van der Waals surface area contributed by atoms with Gasteiger partial charge >= 0.3 is 0 Å². The number of ether oxygens (including phenoxy) is 1. The second kappa shape index (κ2) is 7.50. The summed E-state index contributed by atoms with van der Waals surface area (Å²) in [5.74, 6) is 0.314. The Morgan fingerprint density at radius 3 is 3.00 bits per heavy atom. The Balaban J connectivity index is 2.12. The lowest BCUT2D eigenvalue weighted by Gasteiger charge is -2.38. The van der Waals surface area contributed by atoms with Crippen LogP contribution < -0.4 is 5.73 Å². The fourth-order valence-corrected chi connectivity index (χ4v) is 3.21. The number of hydrogen-bond donors (Lipinski definition) is 1. The van der Waals surface area contributed by atoms with E-state index in [0.29, 0.717) is 16.9 Å². The number of halogens is 2. The normalized spacial score (nSPS) is 21.9. The molecule has 2 unspecified atom stereocenters. The summed E-state index contributed by atoms with van der Waals surface area (Å²) in [6, 6.07) is 5.37. The van der Waals surface area contributed by atoms with E-state index in [1.807, 2.05) is 6.07 Å². The largest absolute Gasteiger partial charge is 0.384 e. The van der Waals surface area contributed by atoms with Crippen molar-refractivity contribution in [3.63, 3.8) is 0 Å². The third kappa shape index (κ3) is 3.79. The average Bonchev–Trinajstić information content (AvgIpc) is 2.44. The molecule has 3 nitrogen and oxygen atoms in total. The number of piperidine rings is 1. The maximum atomic E-state index is 13.7. The van der Waals surface area contributed by atoms with Crippen molar-refractivity contribution in [2.24, 2.45) is 11.7 Å². The van der Waals surface area contributed by atoms with E-state index in [1.165, 1.54) is 6.42 Å². The van der Waals surface area contributed by atoms with Gasteiger partial charge in [-0.25, -0.2) is 4.39 Å². The van der Waals surface area contributed by atoms with Crippen molar-refractivity contribution in [3.05, 3.63) is 34.1 Å². The van der Waals surface area contributed by atoms with Gasteiger partial charge in [-0.2, -0.15) is 0 Å². The Hall–Kier alpha value is -0.490. The topological polar surface area (TPSA) is 38.5 Å². The molecule has 0 aliphatic carbocycles. The molecule has 0 radical (unpaired) electrons. The highest BCUT2D eigenvalue weighted by Crippen LogP contribution is 2.28. The first-order chi connectivity index (χ1) is 9.65. The van der Waals surface area contributed by atoms with Crippen LogP contribution in [0.1, 0.15) is 24.4 Å². The molecule has 1 heterocycles. The van der Waals surface area contributed by atoms with Gasteiger partial charge in [-0.15, -0.1) is 0 Å². The van der Waals surface area contributed by atoms with Gasteiger partial charge < -0.3 is 10.5 Å². The fraction of sp³-hybridized carbons (Fsp3) is 0.600. The van der Waals surface area contributed by atoms with Gasteiger partial charge in [0.15, 0.2) is 0 Å². The summed E-state index contributed by atoms with van der Waals surface area (Å²) in [4.78, 5) is 2.36. The molecule has 2 rings (SSSR count). The highest BCUT2D eigenvalue weighted by atomic mass is 79.9. The van der Waals surface area contributed by atoms with E-state index in [-0.39, 0.29) is 11.9 Å². The van der Waals surface area contributed by atoms with Crippen LogP contribution in [-0.4, -0.2) is 38.3 Å². The van der Waals surface area contributed by atoms with E-state index in [1.54, 1.807) is 19.2 Å². The minimum Gasteiger partial charge on any atom is -0.384 e. The summed E-state index contributed by atoms with van der Waals surface area (Å²) in [6.45, 7) is 3.26. The molecule has 1 aromatic rings. The molecule has 1 aliphatic rings. The number of rotatable bonds is 5. The second-order valence-electron chi connectivity index (χ2n) is 5.38. The molecule has 0 spiro atoms. The SMILES string of the molecule is COCC1CCCN(C(CN)c2ccc(Br)c(F)c2)C1. The number of nitrogens with two attached hydrogens (primary N) is 1. The molecule has 5 heteroatoms. The minimum absolute atomic E-state index is 0.0808. The summed E-state index contributed by atoms with van der Waals surface area (Å²) < 4.78 is 19.5. The van der Waals surface area contributed by atoms with Crippen molar-refractivity contribution in [2.75, 3.05) is 33.4 Å². The van der Waals surface area contributed by atoms with E-state index in [0.717, 1.165) is 31.7 Å². The fourth-order valence-electron chi connectivity index (χ4n) is 2.97. The Bertz CT molecular complexity index is 442. The van der Waals surface area contributed by atoms with E-state index < -0.39 is 0 Å². The molecule has 1 aliphatic heterocycles. The van der Waals surface area contributed by atoms with Gasteiger partial charge in [0.2, 0.25) is 0 Å². The number of likely N-dealkylation sites (tertiary alicyclic amines) is 1. The molecule has 0 bridgehead atoms. The Kier molecular flexibility index (Phi) is 5.96. The monoisotopic (exact) mass is 344 g/mol. The van der Waals surface area contributed by atoms with E-state index in [2.05, 4.69) is 20.8 Å². The van der Waals surface area contributed by atoms with E-state index >= 15 is 0 Å². The molecular weight excluding hydrogens is 323 g/mol. The first-order valence-electron chi connectivity index (χ1n) is 7.03.